The summed E-state index contributed by atoms with van der Waals surface area (Å²) in [5.41, 5.74) is 2.93. The van der Waals surface area contributed by atoms with Gasteiger partial charge >= 0.3 is 0 Å². The third-order valence-electron chi connectivity index (χ3n) is 5.91. The van der Waals surface area contributed by atoms with E-state index < -0.39 is 0 Å². The molecule has 0 N–H and O–H groups in total. The van der Waals surface area contributed by atoms with Crippen LogP contribution < -0.4 is 0 Å². The summed E-state index contributed by atoms with van der Waals surface area (Å²) in [5.74, 6) is 0.318. The van der Waals surface area contributed by atoms with Gasteiger partial charge in [0.2, 0.25) is 0 Å². The van der Waals surface area contributed by atoms with Crippen molar-refractivity contribution in [2.45, 2.75) is 0 Å². The summed E-state index contributed by atoms with van der Waals surface area (Å²) in [6.07, 6.45) is 3.39. The average molecular weight is 378 g/mol. The number of hydrogen-bond acceptors (Lipinski definition) is 5. The maximum absolute atomic E-state index is 13.1. The summed E-state index contributed by atoms with van der Waals surface area (Å²) in [4.78, 5) is 24.0. The molecule has 5 rings (SSSR count). The van der Waals surface area contributed by atoms with Crippen LogP contribution in [-0.4, -0.2) is 65.4 Å². The Morgan fingerprint density at radius 3 is 3.00 bits per heavy atom. The fourth-order valence-corrected chi connectivity index (χ4v) is 4.46. The first kappa shape index (κ1) is 17.3. The van der Waals surface area contributed by atoms with E-state index in [0.29, 0.717) is 49.9 Å². The summed E-state index contributed by atoms with van der Waals surface area (Å²) >= 11 is 0. The van der Waals surface area contributed by atoms with Crippen molar-refractivity contribution in [2.24, 2.45) is 11.3 Å². The van der Waals surface area contributed by atoms with Crippen LogP contribution in [0, 0.1) is 11.3 Å². The molecule has 2 saturated heterocycles. The molecule has 7 nitrogen and oxygen atoms in total. The van der Waals surface area contributed by atoms with Gasteiger partial charge in [0.05, 0.1) is 25.4 Å². The fourth-order valence-electron chi connectivity index (χ4n) is 4.46. The Bertz CT molecular complexity index is 1020. The summed E-state index contributed by atoms with van der Waals surface area (Å²) < 4.78 is 13.0. The monoisotopic (exact) mass is 378 g/mol. The van der Waals surface area contributed by atoms with Gasteiger partial charge in [-0.15, -0.1) is 0 Å². The van der Waals surface area contributed by atoms with E-state index in [2.05, 4.69) is 9.97 Å². The first-order chi connectivity index (χ1) is 13.7. The largest absolute Gasteiger partial charge is 0.384 e. The molecule has 2 aliphatic rings. The van der Waals surface area contributed by atoms with Crippen molar-refractivity contribution < 1.29 is 14.3 Å². The number of ether oxygens (including phenoxy) is 2. The lowest BCUT2D eigenvalue weighted by Gasteiger charge is -2.25. The van der Waals surface area contributed by atoms with Crippen LogP contribution in [0.5, 0.6) is 0 Å². The maximum Gasteiger partial charge on any atom is 0.255 e. The van der Waals surface area contributed by atoms with Gasteiger partial charge < -0.3 is 14.4 Å². The zero-order valence-electron chi connectivity index (χ0n) is 15.7. The molecular weight excluding hydrogens is 356 g/mol. The number of fused-ring (bicyclic) bond motifs is 2. The van der Waals surface area contributed by atoms with Gasteiger partial charge in [0.1, 0.15) is 11.8 Å². The van der Waals surface area contributed by atoms with Crippen molar-refractivity contribution in [1.82, 2.24) is 19.4 Å². The lowest BCUT2D eigenvalue weighted by molar-refractivity contribution is 0.0489. The molecular formula is C21H22N4O3. The Morgan fingerprint density at radius 1 is 1.32 bits per heavy atom. The summed E-state index contributed by atoms with van der Waals surface area (Å²) in [7, 11) is 1.70. The smallest absolute Gasteiger partial charge is 0.255 e. The van der Waals surface area contributed by atoms with Gasteiger partial charge in [-0.1, -0.05) is 18.2 Å². The number of imidazole rings is 1. The Kier molecular flexibility index (Phi) is 4.14. The highest BCUT2D eigenvalue weighted by atomic mass is 16.5. The molecule has 144 valence electrons. The van der Waals surface area contributed by atoms with Gasteiger partial charge in [-0.05, 0) is 18.2 Å². The maximum atomic E-state index is 13.1. The molecule has 4 heterocycles. The number of rotatable bonds is 4. The van der Waals surface area contributed by atoms with E-state index in [1.807, 2.05) is 45.9 Å². The SMILES string of the molecule is COC[C@@]12COC[C@@H]1CN(C(=O)c1cnc3c(c1)ncn3-c1ccccc1)C2. The summed E-state index contributed by atoms with van der Waals surface area (Å²) in [6.45, 7) is 3.29. The third kappa shape index (κ3) is 2.70. The highest BCUT2D eigenvalue weighted by molar-refractivity contribution is 5.96. The first-order valence-electron chi connectivity index (χ1n) is 9.45. The van der Waals surface area contributed by atoms with Gasteiger partial charge in [0.15, 0.2) is 5.65 Å². The second kappa shape index (κ2) is 6.68. The van der Waals surface area contributed by atoms with Crippen LogP contribution in [-0.2, 0) is 9.47 Å². The molecule has 2 atom stereocenters. The van der Waals surface area contributed by atoms with E-state index in [9.17, 15) is 4.79 Å². The van der Waals surface area contributed by atoms with Crippen LogP contribution in [0.4, 0.5) is 0 Å². The predicted octanol–water partition coefficient (Wildman–Crippen LogP) is 2.16. The van der Waals surface area contributed by atoms with Crippen molar-refractivity contribution in [3.63, 3.8) is 0 Å². The molecule has 1 amide bonds. The molecule has 2 aromatic heterocycles. The fraction of sp³-hybridized carbons (Fsp3) is 0.381. The van der Waals surface area contributed by atoms with E-state index in [-0.39, 0.29) is 11.3 Å². The van der Waals surface area contributed by atoms with E-state index in [4.69, 9.17) is 9.47 Å². The van der Waals surface area contributed by atoms with E-state index in [1.165, 1.54) is 0 Å². The molecule has 0 unspecified atom stereocenters. The van der Waals surface area contributed by atoms with Crippen molar-refractivity contribution in [2.75, 3.05) is 40.0 Å². The number of amides is 1. The third-order valence-corrected chi connectivity index (χ3v) is 5.91. The number of para-hydroxylation sites is 1. The lowest BCUT2D eigenvalue weighted by atomic mass is 9.82. The van der Waals surface area contributed by atoms with Crippen LogP contribution in [0.1, 0.15) is 10.4 Å². The van der Waals surface area contributed by atoms with Crippen molar-refractivity contribution in [1.29, 1.82) is 0 Å². The average Bonchev–Trinajstić information content (AvgIpc) is 3.40. The quantitative estimate of drug-likeness (QED) is 0.696. The molecule has 0 saturated carbocycles. The van der Waals surface area contributed by atoms with Crippen molar-refractivity contribution in [3.8, 4) is 5.69 Å². The van der Waals surface area contributed by atoms with Crippen LogP contribution >= 0.6 is 0 Å². The zero-order chi connectivity index (χ0) is 19.1. The number of nitrogens with zero attached hydrogens (tertiary/aromatic N) is 4. The van der Waals surface area contributed by atoms with E-state index in [1.54, 1.807) is 19.6 Å². The van der Waals surface area contributed by atoms with Gasteiger partial charge in [0, 0.05) is 43.4 Å². The Balaban J connectivity index is 1.42. The molecule has 0 spiro atoms. The number of hydrogen-bond donors (Lipinski definition) is 0. The highest BCUT2D eigenvalue weighted by Gasteiger charge is 2.52. The van der Waals surface area contributed by atoms with Crippen LogP contribution in [0.3, 0.4) is 0 Å². The number of benzene rings is 1. The lowest BCUT2D eigenvalue weighted by Crippen LogP contribution is -2.37. The van der Waals surface area contributed by atoms with Gasteiger partial charge in [-0.3, -0.25) is 9.36 Å². The number of carbonyl (C=O) groups excluding carboxylic acids is 1. The molecule has 3 aromatic rings. The van der Waals surface area contributed by atoms with Gasteiger partial charge in [-0.2, -0.15) is 0 Å². The Hall–Kier alpha value is -2.77. The van der Waals surface area contributed by atoms with E-state index in [0.717, 1.165) is 11.3 Å². The molecule has 0 radical (unpaired) electrons. The molecule has 2 fully saturated rings. The molecule has 7 heteroatoms. The summed E-state index contributed by atoms with van der Waals surface area (Å²) in [6, 6.07) is 11.8. The highest BCUT2D eigenvalue weighted by Crippen LogP contribution is 2.41. The number of likely N-dealkylation sites (tertiary alicyclic amines) is 1. The predicted molar refractivity (Wildman–Crippen MR) is 103 cm³/mol. The van der Waals surface area contributed by atoms with Crippen LogP contribution in [0.25, 0.3) is 16.9 Å². The molecule has 2 aliphatic heterocycles. The molecule has 28 heavy (non-hydrogen) atoms. The number of aromatic nitrogens is 3. The van der Waals surface area contributed by atoms with Gasteiger partial charge in [0.25, 0.3) is 5.91 Å². The number of methoxy groups -OCH3 is 1. The van der Waals surface area contributed by atoms with Crippen molar-refractivity contribution in [3.05, 3.63) is 54.5 Å². The molecule has 1 aromatic carbocycles. The minimum absolute atomic E-state index is 0.00598. The standard InChI is InChI=1S/C21H22N4O3/c1-27-12-21-11-24(9-16(21)10-28-13-21)20(26)15-7-18-19(22-8-15)25(14-23-18)17-5-3-2-4-6-17/h2-8,14,16H,9-13H2,1H3/t16-,21-/m0/s1. The first-order valence-corrected chi connectivity index (χ1v) is 9.45. The van der Waals surface area contributed by atoms with Crippen molar-refractivity contribution >= 4 is 17.1 Å². The minimum Gasteiger partial charge on any atom is -0.384 e. The number of pyridine rings is 1. The normalized spacial score (nSPS) is 24.0. The topological polar surface area (TPSA) is 69.5 Å². The molecule has 0 aliphatic carbocycles. The van der Waals surface area contributed by atoms with Gasteiger partial charge in [-0.25, -0.2) is 9.97 Å². The second-order valence-corrected chi connectivity index (χ2v) is 7.71. The Morgan fingerprint density at radius 2 is 2.18 bits per heavy atom. The number of carbonyl (C=O) groups is 1. The summed E-state index contributed by atoms with van der Waals surface area (Å²) in [5, 5.41) is 0. The second-order valence-electron chi connectivity index (χ2n) is 7.71. The van der Waals surface area contributed by atoms with E-state index >= 15 is 0 Å². The van der Waals surface area contributed by atoms with Crippen LogP contribution in [0.15, 0.2) is 48.9 Å². The zero-order valence-corrected chi connectivity index (χ0v) is 15.7. The van der Waals surface area contributed by atoms with Crippen LogP contribution in [0.2, 0.25) is 0 Å². The Labute approximate surface area is 162 Å². The molecule has 0 bridgehead atoms. The minimum atomic E-state index is -0.0865.